The van der Waals surface area contributed by atoms with Crippen molar-refractivity contribution in [2.75, 3.05) is 24.5 Å². The van der Waals surface area contributed by atoms with Crippen LogP contribution >= 0.6 is 11.6 Å². The second-order valence-corrected chi connectivity index (χ2v) is 8.06. The van der Waals surface area contributed by atoms with Crippen LogP contribution in [0.3, 0.4) is 0 Å². The summed E-state index contributed by atoms with van der Waals surface area (Å²) in [4.78, 5) is 21.8. The van der Waals surface area contributed by atoms with Gasteiger partial charge >= 0.3 is 0 Å². The third-order valence-corrected chi connectivity index (χ3v) is 6.00. The lowest BCUT2D eigenvalue weighted by Gasteiger charge is -2.34. The van der Waals surface area contributed by atoms with Crippen molar-refractivity contribution in [3.63, 3.8) is 0 Å². The van der Waals surface area contributed by atoms with Gasteiger partial charge in [0.25, 0.3) is 0 Å². The van der Waals surface area contributed by atoms with Gasteiger partial charge in [0.1, 0.15) is 0 Å². The molecule has 0 aliphatic carbocycles. The molecule has 4 nitrogen and oxygen atoms in total. The van der Waals surface area contributed by atoms with Crippen molar-refractivity contribution in [1.82, 2.24) is 9.88 Å². The van der Waals surface area contributed by atoms with E-state index >= 15 is 0 Å². The molecule has 0 saturated carbocycles. The fourth-order valence-corrected chi connectivity index (χ4v) is 4.45. The molecule has 2 aliphatic rings. The number of nitrogens with zero attached hydrogens (tertiary/aromatic N) is 3. The van der Waals surface area contributed by atoms with E-state index in [0.717, 1.165) is 69.0 Å². The number of aromatic nitrogens is 1. The summed E-state index contributed by atoms with van der Waals surface area (Å²) in [6, 6.07) is 10.1. The first-order chi connectivity index (χ1) is 13.2. The Morgan fingerprint density at radius 1 is 1.07 bits per heavy atom. The Morgan fingerprint density at radius 3 is 2.63 bits per heavy atom. The molecule has 27 heavy (non-hydrogen) atoms. The van der Waals surface area contributed by atoms with Gasteiger partial charge in [-0.05, 0) is 86.7 Å². The largest absolute Gasteiger partial charge is 0.312 e. The quantitative estimate of drug-likeness (QED) is 0.792. The molecule has 1 amide bonds. The highest BCUT2D eigenvalue weighted by molar-refractivity contribution is 6.30. The molecule has 0 N–H and O–H groups in total. The number of amides is 1. The van der Waals surface area contributed by atoms with E-state index in [2.05, 4.69) is 22.0 Å². The van der Waals surface area contributed by atoms with E-state index in [1.807, 2.05) is 35.5 Å². The molecule has 0 unspecified atom stereocenters. The van der Waals surface area contributed by atoms with E-state index in [1.165, 1.54) is 11.1 Å². The molecule has 1 fully saturated rings. The Bertz CT molecular complexity index is 787. The molecule has 0 atom stereocenters. The number of pyridine rings is 1. The SMILES string of the molecule is O=C(C1CCN(Cc2ccncc2)CC1)N1CCCCc2cc(Cl)ccc21. The fourth-order valence-electron chi connectivity index (χ4n) is 4.26. The standard InChI is InChI=1S/C22H26ClN3O/c23-20-4-5-21-19(15-20)3-1-2-12-26(21)22(27)18-8-13-25(14-9-18)16-17-6-10-24-11-7-17/h4-7,10-11,15,18H,1-3,8-9,12-14,16H2. The number of likely N-dealkylation sites (tertiary alicyclic amines) is 1. The van der Waals surface area contributed by atoms with Crippen molar-refractivity contribution in [3.8, 4) is 0 Å². The lowest BCUT2D eigenvalue weighted by atomic mass is 9.94. The number of benzene rings is 1. The molecule has 2 aliphatic heterocycles. The number of fused-ring (bicyclic) bond motifs is 1. The third kappa shape index (κ3) is 4.33. The van der Waals surface area contributed by atoms with E-state index in [-0.39, 0.29) is 5.92 Å². The van der Waals surface area contributed by atoms with Crippen molar-refractivity contribution in [2.45, 2.75) is 38.6 Å². The normalized spacial score (nSPS) is 18.8. The fraction of sp³-hybridized carbons (Fsp3) is 0.455. The smallest absolute Gasteiger partial charge is 0.230 e. The van der Waals surface area contributed by atoms with Crippen molar-refractivity contribution in [1.29, 1.82) is 0 Å². The molecule has 0 radical (unpaired) electrons. The Labute approximate surface area is 166 Å². The van der Waals surface area contributed by atoms with Crippen LogP contribution in [0.4, 0.5) is 5.69 Å². The van der Waals surface area contributed by atoms with Crippen molar-refractivity contribution < 1.29 is 4.79 Å². The summed E-state index contributed by atoms with van der Waals surface area (Å²) in [5.74, 6) is 0.421. The number of carbonyl (C=O) groups excluding carboxylic acids is 1. The van der Waals surface area contributed by atoms with E-state index in [0.29, 0.717) is 5.91 Å². The van der Waals surface area contributed by atoms with Gasteiger partial charge in [0, 0.05) is 42.1 Å². The number of piperidine rings is 1. The number of aryl methyl sites for hydroxylation is 1. The Hall–Kier alpha value is -1.91. The zero-order chi connectivity index (χ0) is 18.6. The van der Waals surface area contributed by atoms with Gasteiger partial charge in [-0.2, -0.15) is 0 Å². The van der Waals surface area contributed by atoms with Gasteiger partial charge in [0.2, 0.25) is 5.91 Å². The molecule has 2 aromatic rings. The Balaban J connectivity index is 1.41. The molecule has 4 rings (SSSR count). The first-order valence-corrected chi connectivity index (χ1v) is 10.3. The zero-order valence-corrected chi connectivity index (χ0v) is 16.4. The molecule has 1 aromatic heterocycles. The predicted octanol–water partition coefficient (Wildman–Crippen LogP) is 4.32. The molecule has 1 saturated heterocycles. The highest BCUT2D eigenvalue weighted by Gasteiger charge is 2.30. The molecule has 1 aromatic carbocycles. The number of rotatable bonds is 3. The molecule has 142 valence electrons. The van der Waals surface area contributed by atoms with Gasteiger partial charge in [-0.3, -0.25) is 14.7 Å². The van der Waals surface area contributed by atoms with Gasteiger partial charge in [0.05, 0.1) is 0 Å². The van der Waals surface area contributed by atoms with E-state index in [4.69, 9.17) is 11.6 Å². The summed E-state index contributed by atoms with van der Waals surface area (Å²) in [5.41, 5.74) is 3.57. The average Bonchev–Trinajstić information content (AvgIpc) is 2.91. The summed E-state index contributed by atoms with van der Waals surface area (Å²) in [6.07, 6.45) is 8.72. The Kier molecular flexibility index (Phi) is 5.74. The number of hydrogen-bond donors (Lipinski definition) is 0. The number of hydrogen-bond acceptors (Lipinski definition) is 3. The summed E-state index contributed by atoms with van der Waals surface area (Å²) >= 11 is 6.18. The summed E-state index contributed by atoms with van der Waals surface area (Å²) in [7, 11) is 0. The minimum absolute atomic E-state index is 0.125. The van der Waals surface area contributed by atoms with Crippen LogP contribution in [0.5, 0.6) is 0 Å². The molecular formula is C22H26ClN3O. The minimum Gasteiger partial charge on any atom is -0.312 e. The maximum absolute atomic E-state index is 13.3. The highest BCUT2D eigenvalue weighted by Crippen LogP contribution is 2.31. The lowest BCUT2D eigenvalue weighted by molar-refractivity contribution is -0.123. The summed E-state index contributed by atoms with van der Waals surface area (Å²) in [5, 5.41) is 0.757. The second kappa shape index (κ2) is 8.41. The van der Waals surface area contributed by atoms with E-state index in [9.17, 15) is 4.79 Å². The van der Waals surface area contributed by atoms with Crippen LogP contribution in [-0.4, -0.2) is 35.4 Å². The predicted molar refractivity (Wildman–Crippen MR) is 109 cm³/mol. The maximum Gasteiger partial charge on any atom is 0.230 e. The van der Waals surface area contributed by atoms with Gasteiger partial charge in [0.15, 0.2) is 0 Å². The third-order valence-electron chi connectivity index (χ3n) is 5.77. The molecule has 3 heterocycles. The highest BCUT2D eigenvalue weighted by atomic mass is 35.5. The molecule has 0 spiro atoms. The minimum atomic E-state index is 0.125. The lowest BCUT2D eigenvalue weighted by Crippen LogP contribution is -2.42. The second-order valence-electron chi connectivity index (χ2n) is 7.63. The molecule has 0 bridgehead atoms. The molecular weight excluding hydrogens is 358 g/mol. The first-order valence-electron chi connectivity index (χ1n) is 9.92. The Morgan fingerprint density at radius 2 is 1.85 bits per heavy atom. The summed E-state index contributed by atoms with van der Waals surface area (Å²) in [6.45, 7) is 3.71. The maximum atomic E-state index is 13.3. The van der Waals surface area contributed by atoms with Crippen molar-refractivity contribution in [2.24, 2.45) is 5.92 Å². The molecule has 5 heteroatoms. The van der Waals surface area contributed by atoms with Crippen molar-refractivity contribution >= 4 is 23.2 Å². The van der Waals surface area contributed by atoms with Crippen LogP contribution in [0.25, 0.3) is 0 Å². The summed E-state index contributed by atoms with van der Waals surface area (Å²) < 4.78 is 0. The number of carbonyl (C=O) groups is 1. The van der Waals surface area contributed by atoms with Crippen molar-refractivity contribution in [3.05, 3.63) is 58.9 Å². The first kappa shape index (κ1) is 18.5. The van der Waals surface area contributed by atoms with Crippen LogP contribution in [0, 0.1) is 5.92 Å². The average molecular weight is 384 g/mol. The monoisotopic (exact) mass is 383 g/mol. The van der Waals surface area contributed by atoms with E-state index < -0.39 is 0 Å². The topological polar surface area (TPSA) is 36.4 Å². The van der Waals surface area contributed by atoms with Crippen LogP contribution in [0.1, 0.15) is 36.8 Å². The van der Waals surface area contributed by atoms with Gasteiger partial charge in [-0.25, -0.2) is 0 Å². The van der Waals surface area contributed by atoms with Crippen LogP contribution in [0.2, 0.25) is 5.02 Å². The van der Waals surface area contributed by atoms with Crippen LogP contribution in [-0.2, 0) is 17.8 Å². The number of halogens is 1. The zero-order valence-electron chi connectivity index (χ0n) is 15.6. The van der Waals surface area contributed by atoms with Crippen LogP contribution in [0.15, 0.2) is 42.7 Å². The number of anilines is 1. The van der Waals surface area contributed by atoms with Gasteiger partial charge in [-0.15, -0.1) is 0 Å². The van der Waals surface area contributed by atoms with Gasteiger partial charge < -0.3 is 4.90 Å². The van der Waals surface area contributed by atoms with Crippen LogP contribution < -0.4 is 4.90 Å². The van der Waals surface area contributed by atoms with E-state index in [1.54, 1.807) is 0 Å². The van der Waals surface area contributed by atoms with Gasteiger partial charge in [-0.1, -0.05) is 11.6 Å².